The van der Waals surface area contributed by atoms with Gasteiger partial charge < -0.3 is 13.7 Å². The maximum atomic E-state index is 10.1. The summed E-state index contributed by atoms with van der Waals surface area (Å²) in [4.78, 5) is 0. The van der Waals surface area contributed by atoms with Crippen LogP contribution in [-0.4, -0.2) is 37.1 Å². The number of rotatable bonds is 12. The van der Waals surface area contributed by atoms with E-state index in [-0.39, 0.29) is 95.3 Å². The Balaban J connectivity index is -0.000000147. The van der Waals surface area contributed by atoms with Crippen molar-refractivity contribution in [3.8, 4) is 0 Å². The molecule has 0 aliphatic heterocycles. The fourth-order valence-corrected chi connectivity index (χ4v) is 2.07. The summed E-state index contributed by atoms with van der Waals surface area (Å²) in [6, 6.07) is 0. The van der Waals surface area contributed by atoms with Crippen LogP contribution in [0.5, 0.6) is 0 Å². The van der Waals surface area contributed by atoms with Gasteiger partial charge in [-0.25, -0.2) is 8.42 Å². The Hall–Kier alpha value is 2.74. The molecule has 0 unspecified atom stereocenters. The summed E-state index contributed by atoms with van der Waals surface area (Å²) in [6.45, 7) is 2.24. The average Bonchev–Trinajstić information content (AvgIpc) is 2.32. The first kappa shape index (κ1) is 38.4. The third-order valence-electron chi connectivity index (χ3n) is 2.73. The minimum absolute atomic E-state index is 0. The molecule has 25 heavy (non-hydrogen) atoms. The summed E-state index contributed by atoms with van der Waals surface area (Å²) >= 11 is 0. The van der Waals surface area contributed by atoms with Crippen molar-refractivity contribution in [3.05, 3.63) is 0 Å². The molecule has 0 spiro atoms. The molecule has 0 heterocycles. The molecule has 0 aromatic carbocycles. The zero-order chi connectivity index (χ0) is 17.5. The van der Waals surface area contributed by atoms with Gasteiger partial charge in [-0.1, -0.05) is 64.7 Å². The molecule has 0 fully saturated rings. The quantitative estimate of drug-likeness (QED) is 0.128. The van der Waals surface area contributed by atoms with E-state index in [9.17, 15) is 13.0 Å². The van der Waals surface area contributed by atoms with Crippen LogP contribution < -0.4 is 88.7 Å². The monoisotopic (exact) mass is 430 g/mol. The summed E-state index contributed by atoms with van der Waals surface area (Å²) in [5.41, 5.74) is 0. The summed E-state index contributed by atoms with van der Waals surface area (Å²) in [5.74, 6) is 0. The van der Waals surface area contributed by atoms with Crippen molar-refractivity contribution < 1.29 is 123 Å². The first-order valence-electron chi connectivity index (χ1n) is 7.33. The fraction of sp³-hybridized carbons (Fsp3) is 1.00. The molecule has 136 valence electrons. The molecule has 0 bridgehead atoms. The van der Waals surface area contributed by atoms with Crippen LogP contribution in [0.15, 0.2) is 0 Å². The third kappa shape index (κ3) is 58.4. The smallest absolute Gasteiger partial charge is 0.759 e. The number of hydrogen-bond acceptors (Lipinski definition) is 8. The molecule has 0 aromatic rings. The zero-order valence-corrected chi connectivity index (χ0v) is 23.5. The molecule has 0 radical (unpaired) electrons. The molecule has 0 rings (SSSR count). The van der Waals surface area contributed by atoms with Crippen molar-refractivity contribution in [2.75, 3.05) is 6.61 Å². The Bertz CT molecular complexity index is 435. The van der Waals surface area contributed by atoms with Crippen molar-refractivity contribution >= 4 is 20.8 Å². The number of unbranched alkanes of at least 4 members (excludes halogenated alkanes) is 9. The maximum Gasteiger partial charge on any atom is 1.00 e. The van der Waals surface area contributed by atoms with Gasteiger partial charge in [-0.3, -0.25) is 12.6 Å². The summed E-state index contributed by atoms with van der Waals surface area (Å²) < 4.78 is 68.5. The molecule has 0 amide bonds. The summed E-state index contributed by atoms with van der Waals surface area (Å²) in [7, 11) is -9.65. The van der Waals surface area contributed by atoms with Gasteiger partial charge in [-0.2, -0.15) is 0 Å². The molecule has 0 aliphatic carbocycles. The molecule has 0 saturated carbocycles. The second kappa shape index (κ2) is 24.8. The molecule has 0 atom stereocenters. The van der Waals surface area contributed by atoms with Gasteiger partial charge in [0.25, 0.3) is 0 Å². The maximum absolute atomic E-state index is 10.1. The summed E-state index contributed by atoms with van der Waals surface area (Å²) in [5, 5.41) is 0. The number of hydrogen-bond donors (Lipinski definition) is 0. The van der Waals surface area contributed by atoms with Gasteiger partial charge >= 0.3 is 88.7 Å². The van der Waals surface area contributed by atoms with Gasteiger partial charge in [0.1, 0.15) is 0 Å². The largest absolute Gasteiger partial charge is 1.00 e. The Kier molecular flexibility index (Phi) is 38.0. The summed E-state index contributed by atoms with van der Waals surface area (Å²) in [6.07, 6.45) is 11.7. The van der Waals surface area contributed by atoms with Crippen LogP contribution in [0, 0.1) is 0 Å². The van der Waals surface area contributed by atoms with Crippen molar-refractivity contribution in [1.82, 2.24) is 0 Å². The molecular weight excluding hydrogens is 405 g/mol. The van der Waals surface area contributed by atoms with Crippen LogP contribution >= 0.6 is 0 Å². The molecule has 0 aliphatic rings. The van der Waals surface area contributed by atoms with Crippen molar-refractivity contribution in [2.45, 2.75) is 71.1 Å². The fourth-order valence-electron chi connectivity index (χ4n) is 1.75. The van der Waals surface area contributed by atoms with E-state index in [0.717, 1.165) is 12.8 Å². The predicted molar refractivity (Wildman–Crippen MR) is 78.0 cm³/mol. The second-order valence-electron chi connectivity index (χ2n) is 4.82. The molecule has 13 heteroatoms. The van der Waals surface area contributed by atoms with Gasteiger partial charge in [0.15, 0.2) is 0 Å². The molecular formula is C12H25Na3O8S2. The SMILES string of the molecule is CCCCCCCCCCCCOS(=O)(=O)[O-].O=S(=O)([O-])[O-].[Na+].[Na+].[Na+]. The second-order valence-corrected chi connectivity index (χ2v) is 6.69. The minimum atomic E-state index is -5.17. The van der Waals surface area contributed by atoms with Crippen LogP contribution in [0.2, 0.25) is 0 Å². The first-order chi connectivity index (χ1) is 10.1. The van der Waals surface area contributed by atoms with E-state index in [1.54, 1.807) is 0 Å². The van der Waals surface area contributed by atoms with Crippen molar-refractivity contribution in [1.29, 1.82) is 0 Å². The van der Waals surface area contributed by atoms with E-state index in [0.29, 0.717) is 6.42 Å². The Morgan fingerprint density at radius 2 is 0.920 bits per heavy atom. The van der Waals surface area contributed by atoms with E-state index < -0.39 is 20.8 Å². The topological polar surface area (TPSA) is 147 Å². The van der Waals surface area contributed by atoms with E-state index in [1.165, 1.54) is 44.9 Å². The average molecular weight is 430 g/mol. The van der Waals surface area contributed by atoms with Gasteiger partial charge in [-0.15, -0.1) is 0 Å². The third-order valence-corrected chi connectivity index (χ3v) is 3.18. The Morgan fingerprint density at radius 1 is 0.640 bits per heavy atom. The van der Waals surface area contributed by atoms with Crippen LogP contribution in [0.25, 0.3) is 0 Å². The Morgan fingerprint density at radius 3 is 1.20 bits per heavy atom. The van der Waals surface area contributed by atoms with Gasteiger partial charge in [0, 0.05) is 10.4 Å². The van der Waals surface area contributed by atoms with Gasteiger partial charge in [-0.05, 0) is 6.42 Å². The predicted octanol–water partition coefficient (Wildman–Crippen LogP) is -6.94. The van der Waals surface area contributed by atoms with Gasteiger partial charge in [0.2, 0.25) is 10.4 Å². The minimum Gasteiger partial charge on any atom is -0.759 e. The first-order valence-corrected chi connectivity index (χ1v) is 10.00. The van der Waals surface area contributed by atoms with Crippen LogP contribution in [0.1, 0.15) is 71.1 Å². The molecule has 0 saturated heterocycles. The van der Waals surface area contributed by atoms with Crippen LogP contribution in [-0.2, 0) is 25.0 Å². The van der Waals surface area contributed by atoms with Crippen LogP contribution in [0.4, 0.5) is 0 Å². The van der Waals surface area contributed by atoms with E-state index in [4.69, 9.17) is 17.5 Å². The normalized spacial score (nSPS) is 10.4. The molecule has 8 nitrogen and oxygen atoms in total. The standard InChI is InChI=1S/C12H26O4S.3Na.H2O4S/c1-2-3-4-5-6-7-8-9-10-11-12-16-17(13,14)15;;;;1-5(2,3)4/h2-12H2,1H3,(H,13,14,15);;;;(H2,1,2,3,4)/q;3*+1;/p-3. The van der Waals surface area contributed by atoms with Crippen molar-refractivity contribution in [2.24, 2.45) is 0 Å². The van der Waals surface area contributed by atoms with Crippen molar-refractivity contribution in [3.63, 3.8) is 0 Å². The van der Waals surface area contributed by atoms with E-state index >= 15 is 0 Å². The van der Waals surface area contributed by atoms with E-state index in [2.05, 4.69) is 11.1 Å². The molecule has 0 N–H and O–H groups in total. The van der Waals surface area contributed by atoms with Gasteiger partial charge in [0.05, 0.1) is 6.61 Å². The zero-order valence-electron chi connectivity index (χ0n) is 15.9. The van der Waals surface area contributed by atoms with Crippen LogP contribution in [0.3, 0.4) is 0 Å². The molecule has 0 aromatic heterocycles. The van der Waals surface area contributed by atoms with E-state index in [1.807, 2.05) is 0 Å². The Labute approximate surface area is 219 Å².